The SMILES string of the molecule is CN(C)c1cc(F)ccc1-c1cc(N)n[nH]1. The second-order valence-corrected chi connectivity index (χ2v) is 3.76. The molecule has 84 valence electrons. The molecule has 0 atom stereocenters. The Hall–Kier alpha value is -2.04. The lowest BCUT2D eigenvalue weighted by Gasteiger charge is -2.16. The van der Waals surface area contributed by atoms with Gasteiger partial charge in [-0.2, -0.15) is 5.10 Å². The van der Waals surface area contributed by atoms with Crippen molar-refractivity contribution in [3.63, 3.8) is 0 Å². The van der Waals surface area contributed by atoms with Crippen LogP contribution in [0.3, 0.4) is 0 Å². The third-order valence-electron chi connectivity index (χ3n) is 2.33. The molecule has 0 spiro atoms. The van der Waals surface area contributed by atoms with E-state index in [9.17, 15) is 4.39 Å². The summed E-state index contributed by atoms with van der Waals surface area (Å²) in [5.41, 5.74) is 7.97. The van der Waals surface area contributed by atoms with E-state index >= 15 is 0 Å². The summed E-state index contributed by atoms with van der Waals surface area (Å²) < 4.78 is 13.2. The van der Waals surface area contributed by atoms with Gasteiger partial charge in [0.2, 0.25) is 0 Å². The molecule has 16 heavy (non-hydrogen) atoms. The maximum atomic E-state index is 13.2. The summed E-state index contributed by atoms with van der Waals surface area (Å²) in [6.07, 6.45) is 0. The van der Waals surface area contributed by atoms with Crippen molar-refractivity contribution in [1.29, 1.82) is 0 Å². The standard InChI is InChI=1S/C11H13FN4/c1-16(2)10-5-7(12)3-4-8(10)9-6-11(13)15-14-9/h3-6H,1-2H3,(H3,13,14,15). The summed E-state index contributed by atoms with van der Waals surface area (Å²) in [6, 6.07) is 6.32. The zero-order valence-corrected chi connectivity index (χ0v) is 9.16. The number of nitrogens with two attached hydrogens (primary N) is 1. The van der Waals surface area contributed by atoms with Gasteiger partial charge < -0.3 is 10.6 Å². The zero-order valence-electron chi connectivity index (χ0n) is 9.16. The Balaban J connectivity index is 2.56. The van der Waals surface area contributed by atoms with E-state index in [4.69, 9.17) is 5.73 Å². The van der Waals surface area contributed by atoms with Crippen LogP contribution in [0.2, 0.25) is 0 Å². The molecule has 0 unspecified atom stereocenters. The van der Waals surface area contributed by atoms with Gasteiger partial charge in [0.05, 0.1) is 5.69 Å². The van der Waals surface area contributed by atoms with E-state index in [2.05, 4.69) is 10.2 Å². The van der Waals surface area contributed by atoms with Gasteiger partial charge in [0.25, 0.3) is 0 Å². The minimum absolute atomic E-state index is 0.264. The van der Waals surface area contributed by atoms with Crippen molar-refractivity contribution in [2.75, 3.05) is 24.7 Å². The molecule has 5 heteroatoms. The van der Waals surface area contributed by atoms with Gasteiger partial charge in [0.15, 0.2) is 0 Å². The third-order valence-corrected chi connectivity index (χ3v) is 2.33. The predicted molar refractivity (Wildman–Crippen MR) is 62.7 cm³/mol. The minimum Gasteiger partial charge on any atom is -0.382 e. The normalized spacial score (nSPS) is 10.4. The van der Waals surface area contributed by atoms with Crippen LogP contribution in [0.25, 0.3) is 11.3 Å². The molecule has 0 aliphatic carbocycles. The largest absolute Gasteiger partial charge is 0.382 e. The molecule has 0 saturated carbocycles. The van der Waals surface area contributed by atoms with Crippen molar-refractivity contribution in [2.45, 2.75) is 0 Å². The van der Waals surface area contributed by atoms with Gasteiger partial charge in [-0.05, 0) is 18.2 Å². The monoisotopic (exact) mass is 220 g/mol. The lowest BCUT2D eigenvalue weighted by molar-refractivity contribution is 0.628. The van der Waals surface area contributed by atoms with Gasteiger partial charge in [-0.3, -0.25) is 5.10 Å². The molecular formula is C11H13FN4. The van der Waals surface area contributed by atoms with Gasteiger partial charge in [0.1, 0.15) is 11.6 Å². The molecule has 2 aromatic rings. The number of nitrogens with zero attached hydrogens (tertiary/aromatic N) is 2. The fraction of sp³-hybridized carbons (Fsp3) is 0.182. The fourth-order valence-electron chi connectivity index (χ4n) is 1.58. The third kappa shape index (κ3) is 1.84. The quantitative estimate of drug-likeness (QED) is 0.812. The first-order valence-corrected chi connectivity index (χ1v) is 4.86. The first-order valence-electron chi connectivity index (χ1n) is 4.86. The number of nitrogen functional groups attached to an aromatic ring is 1. The van der Waals surface area contributed by atoms with Gasteiger partial charge in [-0.15, -0.1) is 0 Å². The van der Waals surface area contributed by atoms with Crippen LogP contribution in [0.5, 0.6) is 0 Å². The lowest BCUT2D eigenvalue weighted by Crippen LogP contribution is -2.10. The van der Waals surface area contributed by atoms with Gasteiger partial charge in [0, 0.05) is 31.4 Å². The second kappa shape index (κ2) is 3.84. The van der Waals surface area contributed by atoms with Crippen LogP contribution in [0.4, 0.5) is 15.9 Å². The summed E-state index contributed by atoms with van der Waals surface area (Å²) in [5.74, 6) is 0.156. The lowest BCUT2D eigenvalue weighted by atomic mass is 10.1. The second-order valence-electron chi connectivity index (χ2n) is 3.76. The highest BCUT2D eigenvalue weighted by atomic mass is 19.1. The highest BCUT2D eigenvalue weighted by molar-refractivity contribution is 5.77. The van der Waals surface area contributed by atoms with Crippen molar-refractivity contribution in [3.05, 3.63) is 30.1 Å². The molecule has 0 aliphatic rings. The molecule has 0 fully saturated rings. The smallest absolute Gasteiger partial charge is 0.145 e. The van der Waals surface area contributed by atoms with Gasteiger partial charge >= 0.3 is 0 Å². The number of nitrogens with one attached hydrogen (secondary N) is 1. The van der Waals surface area contributed by atoms with E-state index in [1.807, 2.05) is 19.0 Å². The molecule has 4 nitrogen and oxygen atoms in total. The molecule has 0 bridgehead atoms. The molecule has 2 rings (SSSR count). The Labute approximate surface area is 92.9 Å². The summed E-state index contributed by atoms with van der Waals surface area (Å²) in [7, 11) is 3.72. The van der Waals surface area contributed by atoms with Crippen molar-refractivity contribution >= 4 is 11.5 Å². The van der Waals surface area contributed by atoms with Crippen LogP contribution >= 0.6 is 0 Å². The number of hydrogen-bond donors (Lipinski definition) is 2. The predicted octanol–water partition coefficient (Wildman–Crippen LogP) is 1.86. The number of rotatable bonds is 2. The maximum absolute atomic E-state index is 13.2. The van der Waals surface area contributed by atoms with E-state index < -0.39 is 0 Å². The van der Waals surface area contributed by atoms with Crippen molar-refractivity contribution in [1.82, 2.24) is 10.2 Å². The molecule has 0 amide bonds. The summed E-state index contributed by atoms with van der Waals surface area (Å²) in [5, 5.41) is 6.67. The van der Waals surface area contributed by atoms with E-state index in [0.29, 0.717) is 5.82 Å². The Bertz CT molecular complexity index is 504. The average molecular weight is 220 g/mol. The average Bonchev–Trinajstić information content (AvgIpc) is 2.64. The number of anilines is 2. The van der Waals surface area contributed by atoms with Crippen LogP contribution in [-0.2, 0) is 0 Å². The molecule has 0 saturated heterocycles. The summed E-state index contributed by atoms with van der Waals surface area (Å²) >= 11 is 0. The van der Waals surface area contributed by atoms with Crippen LogP contribution in [0.1, 0.15) is 0 Å². The number of H-pyrrole nitrogens is 1. The minimum atomic E-state index is -0.264. The van der Waals surface area contributed by atoms with Crippen molar-refractivity contribution < 1.29 is 4.39 Å². The first kappa shape index (κ1) is 10.5. The highest BCUT2D eigenvalue weighted by Crippen LogP contribution is 2.29. The molecule has 3 N–H and O–H groups in total. The van der Waals surface area contributed by atoms with Crippen LogP contribution in [0.15, 0.2) is 24.3 Å². The van der Waals surface area contributed by atoms with E-state index in [0.717, 1.165) is 16.9 Å². The van der Waals surface area contributed by atoms with Crippen molar-refractivity contribution in [2.24, 2.45) is 0 Å². The zero-order chi connectivity index (χ0) is 11.7. The van der Waals surface area contributed by atoms with Gasteiger partial charge in [-0.1, -0.05) is 0 Å². The number of aromatic amines is 1. The molecule has 0 radical (unpaired) electrons. The Morgan fingerprint density at radius 2 is 2.06 bits per heavy atom. The first-order chi connectivity index (χ1) is 7.58. The Morgan fingerprint density at radius 1 is 1.31 bits per heavy atom. The maximum Gasteiger partial charge on any atom is 0.145 e. The van der Waals surface area contributed by atoms with E-state index in [-0.39, 0.29) is 5.82 Å². The van der Waals surface area contributed by atoms with E-state index in [1.54, 1.807) is 12.1 Å². The van der Waals surface area contributed by atoms with Gasteiger partial charge in [-0.25, -0.2) is 4.39 Å². The number of aromatic nitrogens is 2. The van der Waals surface area contributed by atoms with Crippen LogP contribution in [-0.4, -0.2) is 24.3 Å². The fourth-order valence-corrected chi connectivity index (χ4v) is 1.58. The molecule has 1 aromatic carbocycles. The molecular weight excluding hydrogens is 207 g/mol. The number of hydrogen-bond acceptors (Lipinski definition) is 3. The number of benzene rings is 1. The molecule has 1 aromatic heterocycles. The van der Waals surface area contributed by atoms with Crippen LogP contribution < -0.4 is 10.6 Å². The topological polar surface area (TPSA) is 57.9 Å². The Kier molecular flexibility index (Phi) is 2.52. The highest BCUT2D eigenvalue weighted by Gasteiger charge is 2.10. The number of halogens is 1. The molecule has 0 aliphatic heterocycles. The van der Waals surface area contributed by atoms with E-state index in [1.165, 1.54) is 12.1 Å². The van der Waals surface area contributed by atoms with Crippen molar-refractivity contribution in [3.8, 4) is 11.3 Å². The Morgan fingerprint density at radius 3 is 2.62 bits per heavy atom. The summed E-state index contributed by atoms with van der Waals surface area (Å²) in [4.78, 5) is 1.84. The molecule has 1 heterocycles. The summed E-state index contributed by atoms with van der Waals surface area (Å²) in [6.45, 7) is 0. The van der Waals surface area contributed by atoms with Crippen LogP contribution in [0, 0.1) is 5.82 Å².